The first-order valence-corrected chi connectivity index (χ1v) is 4.98. The van der Waals surface area contributed by atoms with Gasteiger partial charge in [0.15, 0.2) is 0 Å². The van der Waals surface area contributed by atoms with E-state index in [0.717, 1.165) is 0 Å². The minimum absolute atomic E-state index is 1.23. The molecule has 52 valence electrons. The van der Waals surface area contributed by atoms with Gasteiger partial charge in [0, 0.05) is 0 Å². The predicted octanol–water partition coefficient (Wildman–Crippen LogP) is -0.103. The van der Waals surface area contributed by atoms with E-state index in [1.54, 1.807) is 0 Å². The molecule has 0 bridgehead atoms. The van der Waals surface area contributed by atoms with Gasteiger partial charge in [-0.2, -0.15) is 0 Å². The van der Waals surface area contributed by atoms with Crippen molar-refractivity contribution in [2.24, 2.45) is 0 Å². The third kappa shape index (κ3) is 2.43. The van der Waals surface area contributed by atoms with Crippen molar-refractivity contribution in [3.63, 3.8) is 0 Å². The zero-order chi connectivity index (χ0) is 6.69. The number of hydrogen-bond acceptors (Lipinski definition) is 1. The molecule has 0 aromatic rings. The van der Waals surface area contributed by atoms with E-state index >= 15 is 0 Å². The zero-order valence-electron chi connectivity index (χ0n) is 5.30. The maximum atomic E-state index is 3.00. The first-order valence-electron chi connectivity index (χ1n) is 3.26. The topological polar surface area (TPSA) is 3.24 Å². The third-order valence-corrected chi connectivity index (χ3v) is 2.70. The van der Waals surface area contributed by atoms with Crippen LogP contribution in [-0.2, 0) is 0 Å². The Morgan fingerprint density at radius 3 is 2.11 bits per heavy atom. The fourth-order valence-electron chi connectivity index (χ4n) is 1.08. The Kier molecular flexibility index (Phi) is 3.28. The van der Waals surface area contributed by atoms with Crippen molar-refractivity contribution in [1.29, 1.82) is 0 Å². The van der Waals surface area contributed by atoms with Crippen molar-refractivity contribution >= 4 is 35.0 Å². The summed E-state index contributed by atoms with van der Waals surface area (Å²) in [6.45, 7) is 2.46. The summed E-state index contributed by atoms with van der Waals surface area (Å²) in [7, 11) is 0. The summed E-state index contributed by atoms with van der Waals surface area (Å²) in [5, 5.41) is 0. The molecule has 0 aromatic carbocycles. The van der Waals surface area contributed by atoms with Crippen molar-refractivity contribution in [3.05, 3.63) is 0 Å². The van der Waals surface area contributed by atoms with Gasteiger partial charge in [0.25, 0.3) is 0 Å². The molecular formula is C6H10NSe2-. The molecule has 0 aliphatic carbocycles. The van der Waals surface area contributed by atoms with Crippen LogP contribution in [0.2, 0.25) is 0 Å². The Bertz CT molecular complexity index is 108. The van der Waals surface area contributed by atoms with Crippen LogP contribution in [-0.4, -0.2) is 53.0 Å². The molecule has 0 saturated carbocycles. The summed E-state index contributed by atoms with van der Waals surface area (Å²) in [6.07, 6.45) is 4.11. The van der Waals surface area contributed by atoms with Crippen molar-refractivity contribution in [1.82, 2.24) is 4.90 Å². The Morgan fingerprint density at radius 2 is 1.78 bits per heavy atom. The summed E-state index contributed by atoms with van der Waals surface area (Å²) < 4.78 is 1.23. The summed E-state index contributed by atoms with van der Waals surface area (Å²) in [5.74, 6) is 0. The van der Waals surface area contributed by atoms with Crippen molar-refractivity contribution < 1.29 is 0 Å². The van der Waals surface area contributed by atoms with Crippen molar-refractivity contribution in [2.45, 2.75) is 19.3 Å². The number of nitrogens with zero attached hydrogens (tertiary/aromatic N) is 1. The van der Waals surface area contributed by atoms with Crippen LogP contribution >= 0.6 is 0 Å². The van der Waals surface area contributed by atoms with E-state index in [1.807, 2.05) is 0 Å². The molecule has 0 atom stereocenters. The molecule has 1 nitrogen and oxygen atoms in total. The van der Waals surface area contributed by atoms with E-state index in [4.69, 9.17) is 0 Å². The van der Waals surface area contributed by atoms with Crippen LogP contribution in [0.25, 0.3) is 0 Å². The molecular weight excluding hydrogens is 244 g/mol. The van der Waals surface area contributed by atoms with Crippen molar-refractivity contribution in [3.8, 4) is 0 Å². The summed E-state index contributed by atoms with van der Waals surface area (Å²) in [6, 6.07) is 0. The van der Waals surface area contributed by atoms with Gasteiger partial charge in [-0.3, -0.25) is 0 Å². The second-order valence-corrected chi connectivity index (χ2v) is 5.25. The first kappa shape index (κ1) is 7.81. The van der Waals surface area contributed by atoms with Gasteiger partial charge in [-0.05, 0) is 0 Å². The molecule has 0 spiro atoms. The van der Waals surface area contributed by atoms with E-state index in [0.29, 0.717) is 0 Å². The SMILES string of the molecule is [Se]=C([Se-])N1CCCCC1. The quantitative estimate of drug-likeness (QED) is 0.590. The molecule has 1 rings (SSSR count). The molecule has 0 N–H and O–H groups in total. The second-order valence-electron chi connectivity index (χ2n) is 2.31. The summed E-state index contributed by atoms with van der Waals surface area (Å²) in [5.41, 5.74) is 0. The van der Waals surface area contributed by atoms with Crippen LogP contribution in [0, 0.1) is 0 Å². The molecule has 1 heterocycles. The summed E-state index contributed by atoms with van der Waals surface area (Å²) >= 11 is 5.99. The molecule has 3 heteroatoms. The molecule has 1 fully saturated rings. The maximum absolute atomic E-state index is 3.00. The van der Waals surface area contributed by atoms with Gasteiger partial charge < -0.3 is 0 Å². The number of hydrogen-bond donors (Lipinski definition) is 0. The van der Waals surface area contributed by atoms with Gasteiger partial charge in [0.05, 0.1) is 0 Å². The van der Waals surface area contributed by atoms with Crippen LogP contribution < -0.4 is 0 Å². The van der Waals surface area contributed by atoms with E-state index < -0.39 is 0 Å². The molecule has 0 unspecified atom stereocenters. The predicted molar refractivity (Wildman–Crippen MR) is 41.9 cm³/mol. The first-order chi connectivity index (χ1) is 4.30. The van der Waals surface area contributed by atoms with Gasteiger partial charge in [0.1, 0.15) is 0 Å². The Balaban J connectivity index is 2.31. The molecule has 0 aromatic heterocycles. The van der Waals surface area contributed by atoms with Crippen LogP contribution in [0.5, 0.6) is 0 Å². The third-order valence-electron chi connectivity index (χ3n) is 1.61. The molecule has 1 aliphatic rings. The molecule has 0 radical (unpaired) electrons. The van der Waals surface area contributed by atoms with Gasteiger partial charge in [-0.25, -0.2) is 0 Å². The van der Waals surface area contributed by atoms with Crippen molar-refractivity contribution in [2.75, 3.05) is 13.1 Å². The second kappa shape index (κ2) is 3.78. The number of rotatable bonds is 1. The fourth-order valence-corrected chi connectivity index (χ4v) is 1.84. The van der Waals surface area contributed by atoms with Gasteiger partial charge in [0.2, 0.25) is 0 Å². The minimum atomic E-state index is 1.23. The fraction of sp³-hybridized carbons (Fsp3) is 0.833. The Hall–Kier alpha value is 0.709. The van der Waals surface area contributed by atoms with Crippen LogP contribution in [0.3, 0.4) is 0 Å². The average Bonchev–Trinajstić information content (AvgIpc) is 1.90. The molecule has 9 heavy (non-hydrogen) atoms. The van der Waals surface area contributed by atoms with E-state index in [9.17, 15) is 0 Å². The molecule has 0 amide bonds. The molecule has 1 saturated heterocycles. The Morgan fingerprint density at radius 1 is 1.22 bits per heavy atom. The zero-order valence-corrected chi connectivity index (χ0v) is 8.73. The van der Waals surface area contributed by atoms with Crippen LogP contribution in [0.4, 0.5) is 0 Å². The van der Waals surface area contributed by atoms with Gasteiger partial charge >= 0.3 is 72.3 Å². The monoisotopic (exact) mass is 256 g/mol. The summed E-state index contributed by atoms with van der Waals surface area (Å²) in [4.78, 5) is 2.36. The average molecular weight is 254 g/mol. The normalized spacial score (nSPS) is 19.8. The number of likely N-dealkylation sites (tertiary alicyclic amines) is 1. The Labute approximate surface area is 72.4 Å². The van der Waals surface area contributed by atoms with Crippen LogP contribution in [0.1, 0.15) is 19.3 Å². The van der Waals surface area contributed by atoms with Crippen LogP contribution in [0.15, 0.2) is 0 Å². The molecule has 1 aliphatic heterocycles. The van der Waals surface area contributed by atoms with E-state index in [1.165, 1.54) is 35.8 Å². The van der Waals surface area contributed by atoms with Gasteiger partial charge in [-0.1, -0.05) is 0 Å². The van der Waals surface area contributed by atoms with E-state index in [2.05, 4.69) is 36.5 Å². The van der Waals surface area contributed by atoms with E-state index in [-0.39, 0.29) is 0 Å². The van der Waals surface area contributed by atoms with Gasteiger partial charge in [-0.15, -0.1) is 0 Å². The standard InChI is InChI=1S/C6H11NSe2/c8-6(9)7-4-2-1-3-5-7/h1-5H2,(H,8,9)/p-1. The number of piperidine rings is 1.